The summed E-state index contributed by atoms with van der Waals surface area (Å²) in [6, 6.07) is 49.5. The van der Waals surface area contributed by atoms with Crippen molar-refractivity contribution in [3.63, 3.8) is 0 Å². The van der Waals surface area contributed by atoms with E-state index in [1.807, 2.05) is 104 Å². The van der Waals surface area contributed by atoms with Gasteiger partial charge in [0, 0.05) is 142 Å². The molecular weight excluding hydrogens is 1460 g/mol. The summed E-state index contributed by atoms with van der Waals surface area (Å²) in [6.07, 6.45) is 12.1. The third kappa shape index (κ3) is 17.7. The van der Waals surface area contributed by atoms with Crippen molar-refractivity contribution in [1.29, 1.82) is 0 Å². The van der Waals surface area contributed by atoms with Gasteiger partial charge in [0.2, 0.25) is 0 Å². The Kier molecular flexibility index (Phi) is 27.3. The predicted molar refractivity (Wildman–Crippen MR) is 427 cm³/mol. The Labute approximate surface area is 652 Å². The molecule has 596 valence electrons. The van der Waals surface area contributed by atoms with Crippen LogP contribution in [0.1, 0.15) is 89.5 Å². The summed E-state index contributed by atoms with van der Waals surface area (Å²) < 4.78 is 103. The van der Waals surface area contributed by atoms with Crippen molar-refractivity contribution in [2.24, 2.45) is 11.7 Å². The Morgan fingerprint density at radius 3 is 1.03 bits per heavy atom. The van der Waals surface area contributed by atoms with Gasteiger partial charge in [-0.2, -0.15) is 38.0 Å². The fourth-order valence-electron chi connectivity index (χ4n) is 14.4. The molecule has 0 radical (unpaired) electrons. The average molecular weight is 1550 g/mol. The normalized spacial score (nSPS) is 15.1. The number of nitrogens with two attached hydrogens (primary N) is 1. The molecule has 5 atom stereocenters. The molecule has 0 spiro atoms. The molecule has 2 saturated heterocycles. The Morgan fingerprint density at radius 2 is 0.743 bits per heavy atom. The second kappa shape index (κ2) is 36.8. The van der Waals surface area contributed by atoms with Gasteiger partial charge in [-0.15, -0.1) is 0 Å². The number of alkyl halides is 4. The fourth-order valence-corrected chi connectivity index (χ4v) is 14.4. The summed E-state index contributed by atoms with van der Waals surface area (Å²) in [5.41, 5.74) is 4.11. The van der Waals surface area contributed by atoms with Crippen molar-refractivity contribution in [1.82, 2.24) is 58.2 Å². The molecule has 6 aromatic carbocycles. The molecule has 8 heterocycles. The molecular formula is C84H97F6N17O6. The molecule has 0 saturated carbocycles. The quantitative estimate of drug-likeness (QED) is 0.0352. The van der Waals surface area contributed by atoms with E-state index in [4.69, 9.17) is 5.11 Å². The Bertz CT molecular complexity index is 4750. The molecule has 2 unspecified atom stereocenters. The first kappa shape index (κ1) is 84.0. The van der Waals surface area contributed by atoms with Crippen molar-refractivity contribution >= 4 is 22.7 Å². The highest BCUT2D eigenvalue weighted by Gasteiger charge is 2.59. The second-order valence-electron chi connectivity index (χ2n) is 27.6. The Morgan fingerprint density at radius 1 is 0.434 bits per heavy atom. The number of halogens is 6. The first-order valence-electron chi connectivity index (χ1n) is 37.0. The molecule has 0 aliphatic carbocycles. The Balaban J connectivity index is 0.000000228. The summed E-state index contributed by atoms with van der Waals surface area (Å²) in [5, 5.41) is 56.7. The standard InChI is InChI=1S/C41H43F3N8O2.C40H41F3N8O3.CH5N.CH4O.CH4/c1-4-37(29(2)3)52-39(53)51(28-47-52)34-17-15-33(16-18-34)49-24-22-48(23-25-49)32-13-10-30(11-14-32)31-12-19-38(45-26-31)41(43,44)40(54,27-50-21-7-20-46-50)35-8-5-6-9-36(35)42;1-3-36(28(2)52)51-38(53)50(27-46-51)33-16-14-32(15-17-33)48-23-21-47(22-24-48)31-12-9-29(10-13-31)30-11-18-37(44-25-30)40(42,43)39(54,26-49-20-6-19-45-49)34-7-4-5-8-35(34)41;2*1-2;/h5-21,26,28-29,37,54H,4,22-25,27H2,1-3H3;4-20,25,27-28,36,52,54H,3,21-24,26H2,1-2H3;2H2,1H3;2H,1H3;1H4/t37-,40?;28-,36-,39?;;;/m00.../s1. The zero-order valence-corrected chi connectivity index (χ0v) is 63.3. The van der Waals surface area contributed by atoms with Crippen molar-refractivity contribution in [2.75, 3.05) is 86.1 Å². The molecule has 6 N–H and O–H groups in total. The van der Waals surface area contributed by atoms with E-state index in [-0.39, 0.29) is 24.8 Å². The Hall–Kier alpha value is -11.5. The van der Waals surface area contributed by atoms with Crippen LogP contribution in [0.5, 0.6) is 0 Å². The maximum absolute atomic E-state index is 16.2. The van der Waals surface area contributed by atoms with Crippen LogP contribution in [-0.2, 0) is 36.1 Å². The number of benzene rings is 6. The van der Waals surface area contributed by atoms with E-state index in [2.05, 4.69) is 76.5 Å². The lowest BCUT2D eigenvalue weighted by Crippen LogP contribution is -2.47. The largest absolute Gasteiger partial charge is 0.400 e. The monoisotopic (exact) mass is 1550 g/mol. The third-order valence-corrected chi connectivity index (χ3v) is 20.6. The van der Waals surface area contributed by atoms with Gasteiger partial charge < -0.3 is 45.8 Å². The molecule has 0 bridgehead atoms. The van der Waals surface area contributed by atoms with E-state index in [1.165, 1.54) is 114 Å². The van der Waals surface area contributed by atoms with Crippen LogP contribution < -0.4 is 36.7 Å². The number of aliphatic hydroxyl groups excluding tert-OH is 2. The topological polar surface area (TPSA) is 261 Å². The number of piperazine rings is 2. The molecule has 29 heteroatoms. The van der Waals surface area contributed by atoms with Gasteiger partial charge in [-0.1, -0.05) is 108 Å². The molecule has 2 fully saturated rings. The van der Waals surface area contributed by atoms with E-state index in [0.717, 1.165) is 145 Å². The molecule has 2 aliphatic rings. The van der Waals surface area contributed by atoms with Gasteiger partial charge in [-0.05, 0) is 153 Å². The number of rotatable bonds is 24. The molecule has 6 aromatic heterocycles. The van der Waals surface area contributed by atoms with Crippen LogP contribution in [0.3, 0.4) is 0 Å². The van der Waals surface area contributed by atoms with Crippen LogP contribution in [0.15, 0.2) is 241 Å². The van der Waals surface area contributed by atoms with Gasteiger partial charge in [0.1, 0.15) is 35.7 Å². The van der Waals surface area contributed by atoms with E-state index in [9.17, 15) is 33.7 Å². The van der Waals surface area contributed by atoms with E-state index in [0.29, 0.717) is 29.2 Å². The van der Waals surface area contributed by atoms with Crippen molar-refractivity contribution in [3.05, 3.63) is 287 Å². The van der Waals surface area contributed by atoms with E-state index in [1.54, 1.807) is 22.5 Å². The lowest BCUT2D eigenvalue weighted by Gasteiger charge is -2.37. The summed E-state index contributed by atoms with van der Waals surface area (Å²) in [5.74, 6) is -9.56. The minimum absolute atomic E-state index is 0. The summed E-state index contributed by atoms with van der Waals surface area (Å²) in [4.78, 5) is 43.4. The van der Waals surface area contributed by atoms with Crippen LogP contribution in [-0.4, -0.2) is 151 Å². The summed E-state index contributed by atoms with van der Waals surface area (Å²) in [6.45, 7) is 14.8. The van der Waals surface area contributed by atoms with Crippen LogP contribution in [0.25, 0.3) is 33.6 Å². The maximum atomic E-state index is 16.2. The van der Waals surface area contributed by atoms with Crippen molar-refractivity contribution in [2.45, 2.75) is 109 Å². The van der Waals surface area contributed by atoms with Crippen molar-refractivity contribution < 1.29 is 46.8 Å². The molecule has 14 rings (SSSR count). The van der Waals surface area contributed by atoms with Crippen LogP contribution >= 0.6 is 0 Å². The lowest BCUT2D eigenvalue weighted by molar-refractivity contribution is -0.207. The summed E-state index contributed by atoms with van der Waals surface area (Å²) in [7, 11) is 2.50. The molecule has 12 aromatic rings. The van der Waals surface area contributed by atoms with E-state index >= 15 is 17.6 Å². The van der Waals surface area contributed by atoms with Gasteiger partial charge in [-0.3, -0.25) is 19.3 Å². The number of aliphatic hydroxyl groups is 4. The second-order valence-corrected chi connectivity index (χ2v) is 27.6. The number of hydrogen-bond acceptors (Lipinski definition) is 17. The molecule has 113 heavy (non-hydrogen) atoms. The highest BCUT2D eigenvalue weighted by Crippen LogP contribution is 2.49. The highest BCUT2D eigenvalue weighted by atomic mass is 19.3. The van der Waals surface area contributed by atoms with Crippen LogP contribution in [0.2, 0.25) is 0 Å². The molecule has 2 aliphatic heterocycles. The smallest absolute Gasteiger partial charge is 0.350 e. The van der Waals surface area contributed by atoms with Crippen LogP contribution in [0.4, 0.5) is 49.1 Å². The predicted octanol–water partition coefficient (Wildman–Crippen LogP) is 12.6. The third-order valence-electron chi connectivity index (χ3n) is 20.6. The first-order chi connectivity index (χ1) is 54.0. The minimum Gasteiger partial charge on any atom is -0.400 e. The number of anilines is 4. The number of pyridine rings is 2. The van der Waals surface area contributed by atoms with Gasteiger partial charge >= 0.3 is 23.2 Å². The van der Waals surface area contributed by atoms with Crippen molar-refractivity contribution in [3.8, 4) is 33.6 Å². The molecule has 23 nitrogen and oxygen atoms in total. The number of nitrogens with zero attached hydrogens (tertiary/aromatic N) is 16. The molecule has 0 amide bonds. The summed E-state index contributed by atoms with van der Waals surface area (Å²) >= 11 is 0. The first-order valence-corrected chi connectivity index (χ1v) is 37.0. The number of hydrogen-bond donors (Lipinski definition) is 5. The fraction of sp³-hybridized carbons (Fsp3) is 0.333. The number of aromatic nitrogens is 12. The zero-order valence-electron chi connectivity index (χ0n) is 63.3. The average Bonchev–Trinajstić information content (AvgIpc) is 1.32. The van der Waals surface area contributed by atoms with Gasteiger partial charge in [-0.25, -0.2) is 36.9 Å². The van der Waals surface area contributed by atoms with Crippen LogP contribution in [0, 0.1) is 17.6 Å². The van der Waals surface area contributed by atoms with Gasteiger partial charge in [0.15, 0.2) is 11.2 Å². The van der Waals surface area contributed by atoms with E-state index < -0.39 is 82.4 Å². The zero-order chi connectivity index (χ0) is 80.1. The maximum Gasteiger partial charge on any atom is 0.350 e. The highest BCUT2D eigenvalue weighted by molar-refractivity contribution is 5.68. The lowest BCUT2D eigenvalue weighted by atomic mass is 9.84. The minimum atomic E-state index is -3.98. The SMILES string of the molecule is C.CC[C@@H](C(C)C)n1ncn(-c2ccc(N3CCN(c4ccc(-c5ccc(C(F)(F)C(O)(Cn6cccn6)c6ccccc6F)nc5)cc4)CC3)cc2)c1=O.CC[C@@H]([C@H](C)O)n1ncn(-c2ccc(N3CCN(c4ccc(-c5ccc(C(F)(F)C(O)(Cn6cccn6)c6ccccc6F)nc5)cc4)CC3)cc2)c1=O.CN.CO. The van der Waals surface area contributed by atoms with Gasteiger partial charge in [0.05, 0.1) is 42.7 Å². The van der Waals surface area contributed by atoms with Gasteiger partial charge in [0.25, 0.3) is 0 Å².